The molecule has 0 radical (unpaired) electrons. The van der Waals surface area contributed by atoms with Crippen LogP contribution in [0.1, 0.15) is 67.3 Å². The standard InChI is InChI=1S/C31H35N5O3/c1-18-6-8-22(9-7-18)20(3)33-29(37)23-10-11-26-24(16-23)25(30(38)34-26)17-27-19(2)28(21(4)32-27)31(39)36-14-12-35(5)13-15-36/h6-11,16-17,20,32H,12-15H2,1-5H3,(H,33,37)(H,34,38)/b25-17-/t20-/m0/s1. The molecule has 202 valence electrons. The third kappa shape index (κ3) is 5.25. The molecule has 3 heterocycles. The number of aromatic amines is 1. The molecule has 8 heteroatoms. The predicted molar refractivity (Wildman–Crippen MR) is 154 cm³/mol. The molecule has 0 spiro atoms. The zero-order chi connectivity index (χ0) is 27.8. The molecule has 1 fully saturated rings. The summed E-state index contributed by atoms with van der Waals surface area (Å²) in [5.41, 5.74) is 7.39. The molecule has 0 unspecified atom stereocenters. The smallest absolute Gasteiger partial charge is 0.256 e. The van der Waals surface area contributed by atoms with E-state index in [4.69, 9.17) is 0 Å². The molecule has 2 aliphatic heterocycles. The Balaban J connectivity index is 1.40. The summed E-state index contributed by atoms with van der Waals surface area (Å²) in [7, 11) is 2.06. The Morgan fingerprint density at radius 3 is 2.38 bits per heavy atom. The molecule has 2 aliphatic rings. The lowest BCUT2D eigenvalue weighted by Gasteiger charge is -2.32. The van der Waals surface area contributed by atoms with E-state index in [1.807, 2.05) is 56.9 Å². The van der Waals surface area contributed by atoms with E-state index in [9.17, 15) is 14.4 Å². The van der Waals surface area contributed by atoms with E-state index < -0.39 is 0 Å². The third-order valence-electron chi connectivity index (χ3n) is 7.76. The van der Waals surface area contributed by atoms with Gasteiger partial charge in [-0.3, -0.25) is 14.4 Å². The van der Waals surface area contributed by atoms with Gasteiger partial charge in [-0.05, 0) is 70.1 Å². The molecule has 1 saturated heterocycles. The normalized spacial score (nSPS) is 17.2. The van der Waals surface area contributed by atoms with Gasteiger partial charge in [-0.2, -0.15) is 0 Å². The van der Waals surface area contributed by atoms with Gasteiger partial charge >= 0.3 is 0 Å². The second-order valence-corrected chi connectivity index (χ2v) is 10.6. The highest BCUT2D eigenvalue weighted by atomic mass is 16.2. The van der Waals surface area contributed by atoms with Crippen molar-refractivity contribution >= 4 is 35.1 Å². The van der Waals surface area contributed by atoms with E-state index in [2.05, 4.69) is 27.6 Å². The van der Waals surface area contributed by atoms with Crippen molar-refractivity contribution in [1.29, 1.82) is 0 Å². The van der Waals surface area contributed by atoms with Crippen molar-refractivity contribution in [3.8, 4) is 0 Å². The van der Waals surface area contributed by atoms with E-state index in [-0.39, 0.29) is 23.8 Å². The maximum absolute atomic E-state index is 13.3. The third-order valence-corrected chi connectivity index (χ3v) is 7.76. The largest absolute Gasteiger partial charge is 0.358 e. The van der Waals surface area contributed by atoms with Gasteiger partial charge < -0.3 is 25.4 Å². The zero-order valence-corrected chi connectivity index (χ0v) is 23.1. The summed E-state index contributed by atoms with van der Waals surface area (Å²) in [5, 5.41) is 5.94. The molecular weight excluding hydrogens is 490 g/mol. The minimum absolute atomic E-state index is 0.0110. The fourth-order valence-corrected chi connectivity index (χ4v) is 5.24. The number of carbonyl (C=O) groups excluding carboxylic acids is 3. The highest BCUT2D eigenvalue weighted by Gasteiger charge is 2.28. The highest BCUT2D eigenvalue weighted by molar-refractivity contribution is 6.35. The summed E-state index contributed by atoms with van der Waals surface area (Å²) in [4.78, 5) is 46.8. The number of nitrogens with one attached hydrogen (secondary N) is 3. The van der Waals surface area contributed by atoms with Crippen molar-refractivity contribution < 1.29 is 14.4 Å². The monoisotopic (exact) mass is 525 g/mol. The number of amides is 3. The Hall–Kier alpha value is -4.17. The van der Waals surface area contributed by atoms with E-state index in [0.717, 1.165) is 35.5 Å². The van der Waals surface area contributed by atoms with Crippen LogP contribution in [0.15, 0.2) is 42.5 Å². The fraction of sp³-hybridized carbons (Fsp3) is 0.323. The average molecular weight is 526 g/mol. The topological polar surface area (TPSA) is 97.5 Å². The number of fused-ring (bicyclic) bond motifs is 1. The number of hydrogen-bond acceptors (Lipinski definition) is 4. The maximum atomic E-state index is 13.3. The van der Waals surface area contributed by atoms with Crippen molar-refractivity contribution in [2.75, 3.05) is 38.5 Å². The van der Waals surface area contributed by atoms with Crippen LogP contribution in [0.5, 0.6) is 0 Å². The zero-order valence-electron chi connectivity index (χ0n) is 23.1. The summed E-state index contributed by atoms with van der Waals surface area (Å²) >= 11 is 0. The molecule has 3 N–H and O–H groups in total. The first kappa shape index (κ1) is 26.4. The lowest BCUT2D eigenvalue weighted by atomic mass is 10.0. The van der Waals surface area contributed by atoms with Crippen molar-refractivity contribution in [2.45, 2.75) is 33.7 Å². The molecule has 1 aromatic heterocycles. The van der Waals surface area contributed by atoms with Gasteiger partial charge in [0, 0.05) is 54.4 Å². The van der Waals surface area contributed by atoms with Gasteiger partial charge in [0.05, 0.1) is 17.2 Å². The van der Waals surface area contributed by atoms with Gasteiger partial charge in [-0.1, -0.05) is 29.8 Å². The van der Waals surface area contributed by atoms with E-state index in [0.29, 0.717) is 46.7 Å². The minimum atomic E-state index is -0.242. The van der Waals surface area contributed by atoms with Crippen LogP contribution in [-0.2, 0) is 4.79 Å². The number of piperazine rings is 1. The van der Waals surface area contributed by atoms with Gasteiger partial charge in [-0.15, -0.1) is 0 Å². The Morgan fingerprint density at radius 2 is 1.69 bits per heavy atom. The molecule has 3 amide bonds. The SMILES string of the molecule is Cc1ccc([C@H](C)NC(=O)c2ccc3c(c2)/C(=C/c2[nH]c(C)c(C(=O)N4CCN(C)CC4)c2C)C(=O)N3)cc1. The quantitative estimate of drug-likeness (QED) is 0.433. The molecular formula is C31H35N5O3. The van der Waals surface area contributed by atoms with Crippen LogP contribution in [-0.4, -0.2) is 65.7 Å². The molecule has 0 bridgehead atoms. The lowest BCUT2D eigenvalue weighted by Crippen LogP contribution is -2.47. The Bertz CT molecular complexity index is 1480. The molecule has 1 atom stereocenters. The molecule has 0 aliphatic carbocycles. The highest BCUT2D eigenvalue weighted by Crippen LogP contribution is 2.35. The number of hydrogen-bond donors (Lipinski definition) is 3. The second kappa shape index (κ2) is 10.5. The fourth-order valence-electron chi connectivity index (χ4n) is 5.24. The number of benzene rings is 2. The van der Waals surface area contributed by atoms with Gasteiger partial charge in [0.15, 0.2) is 0 Å². The van der Waals surface area contributed by atoms with Gasteiger partial charge in [0.1, 0.15) is 0 Å². The number of aromatic nitrogens is 1. The Labute approximate surface area is 229 Å². The average Bonchev–Trinajstić information content (AvgIpc) is 3.38. The minimum Gasteiger partial charge on any atom is -0.358 e. The molecule has 8 nitrogen and oxygen atoms in total. The van der Waals surface area contributed by atoms with Gasteiger partial charge in [0.2, 0.25) is 0 Å². The van der Waals surface area contributed by atoms with Crippen molar-refractivity contribution in [3.05, 3.63) is 87.2 Å². The van der Waals surface area contributed by atoms with Crippen LogP contribution in [0.2, 0.25) is 0 Å². The summed E-state index contributed by atoms with van der Waals surface area (Å²) in [6.07, 6.45) is 1.78. The summed E-state index contributed by atoms with van der Waals surface area (Å²) in [6.45, 7) is 10.9. The van der Waals surface area contributed by atoms with Crippen LogP contribution < -0.4 is 10.6 Å². The van der Waals surface area contributed by atoms with Crippen LogP contribution in [0, 0.1) is 20.8 Å². The van der Waals surface area contributed by atoms with Crippen LogP contribution in [0.3, 0.4) is 0 Å². The number of likely N-dealkylation sites (N-methyl/N-ethyl adjacent to an activating group) is 1. The first-order valence-electron chi connectivity index (χ1n) is 13.3. The van der Waals surface area contributed by atoms with Crippen molar-refractivity contribution in [3.63, 3.8) is 0 Å². The molecule has 0 saturated carbocycles. The van der Waals surface area contributed by atoms with Crippen LogP contribution in [0.4, 0.5) is 5.69 Å². The number of anilines is 1. The molecule has 5 rings (SSSR count). The first-order chi connectivity index (χ1) is 18.6. The molecule has 3 aromatic rings. The summed E-state index contributed by atoms with van der Waals surface area (Å²) in [5.74, 6) is -0.442. The number of carbonyl (C=O) groups is 3. The first-order valence-corrected chi connectivity index (χ1v) is 13.3. The number of rotatable bonds is 5. The van der Waals surface area contributed by atoms with Gasteiger partial charge in [0.25, 0.3) is 17.7 Å². The van der Waals surface area contributed by atoms with Crippen LogP contribution in [0.25, 0.3) is 11.6 Å². The van der Waals surface area contributed by atoms with E-state index >= 15 is 0 Å². The number of nitrogens with zero attached hydrogens (tertiary/aromatic N) is 2. The van der Waals surface area contributed by atoms with Crippen molar-refractivity contribution in [1.82, 2.24) is 20.1 Å². The number of aryl methyl sites for hydroxylation is 2. The van der Waals surface area contributed by atoms with E-state index in [1.165, 1.54) is 0 Å². The summed E-state index contributed by atoms with van der Waals surface area (Å²) < 4.78 is 0. The van der Waals surface area contributed by atoms with Crippen molar-refractivity contribution in [2.24, 2.45) is 0 Å². The van der Waals surface area contributed by atoms with E-state index in [1.54, 1.807) is 24.3 Å². The molecule has 39 heavy (non-hydrogen) atoms. The molecule has 2 aromatic carbocycles. The predicted octanol–water partition coefficient (Wildman–Crippen LogP) is 4.31. The summed E-state index contributed by atoms with van der Waals surface area (Å²) in [6, 6.07) is 13.1. The van der Waals surface area contributed by atoms with Gasteiger partial charge in [-0.25, -0.2) is 0 Å². The Kier molecular flexibility index (Phi) is 7.14. The Morgan fingerprint density at radius 1 is 1.00 bits per heavy atom. The van der Waals surface area contributed by atoms with Crippen LogP contribution >= 0.6 is 0 Å². The maximum Gasteiger partial charge on any atom is 0.256 e. The number of H-pyrrole nitrogens is 1. The lowest BCUT2D eigenvalue weighted by molar-refractivity contribution is -0.110. The second-order valence-electron chi connectivity index (χ2n) is 10.6.